The van der Waals surface area contributed by atoms with Crippen LogP contribution in [0.1, 0.15) is 36.9 Å². The molecule has 2 atom stereocenters. The highest BCUT2D eigenvalue weighted by atomic mass is 16.2. The van der Waals surface area contributed by atoms with Gasteiger partial charge in [0.15, 0.2) is 0 Å². The maximum absolute atomic E-state index is 12.5. The van der Waals surface area contributed by atoms with Gasteiger partial charge in [0.1, 0.15) is 0 Å². The van der Waals surface area contributed by atoms with Crippen LogP contribution in [0.25, 0.3) is 6.08 Å². The van der Waals surface area contributed by atoms with Crippen LogP contribution in [0.2, 0.25) is 0 Å². The van der Waals surface area contributed by atoms with Gasteiger partial charge in [-0.1, -0.05) is 86.2 Å². The SMILES string of the molecule is CCCCN1C(=O)[C@@H](/C=C/c2ccccc2)[C@H]1c1ccccc1. The average molecular weight is 305 g/mol. The molecule has 0 aliphatic carbocycles. The fourth-order valence-corrected chi connectivity index (χ4v) is 3.16. The smallest absolute Gasteiger partial charge is 0.232 e. The Morgan fingerprint density at radius 1 is 1.00 bits per heavy atom. The summed E-state index contributed by atoms with van der Waals surface area (Å²) in [5.41, 5.74) is 2.37. The van der Waals surface area contributed by atoms with E-state index in [2.05, 4.69) is 43.3 Å². The number of nitrogens with zero attached hydrogens (tertiary/aromatic N) is 1. The molecular weight excluding hydrogens is 282 g/mol. The van der Waals surface area contributed by atoms with E-state index >= 15 is 0 Å². The van der Waals surface area contributed by atoms with Crippen molar-refractivity contribution in [3.63, 3.8) is 0 Å². The van der Waals surface area contributed by atoms with Crippen LogP contribution in [-0.4, -0.2) is 17.4 Å². The molecule has 2 heteroatoms. The van der Waals surface area contributed by atoms with Gasteiger partial charge in [0.05, 0.1) is 12.0 Å². The van der Waals surface area contributed by atoms with Crippen LogP contribution in [0.15, 0.2) is 66.7 Å². The van der Waals surface area contributed by atoms with E-state index in [1.165, 1.54) is 5.56 Å². The maximum atomic E-state index is 12.5. The number of unbranched alkanes of at least 4 members (excludes halogenated alkanes) is 1. The van der Waals surface area contributed by atoms with Crippen molar-refractivity contribution in [3.8, 4) is 0 Å². The number of benzene rings is 2. The van der Waals surface area contributed by atoms with Crippen molar-refractivity contribution in [2.24, 2.45) is 5.92 Å². The van der Waals surface area contributed by atoms with Gasteiger partial charge in [0.2, 0.25) is 5.91 Å². The minimum atomic E-state index is -0.0468. The molecule has 3 rings (SSSR count). The first kappa shape index (κ1) is 15.5. The van der Waals surface area contributed by atoms with E-state index in [9.17, 15) is 4.79 Å². The van der Waals surface area contributed by atoms with Gasteiger partial charge < -0.3 is 4.90 Å². The number of β-lactam (4-membered cyclic amide) rings is 1. The molecule has 2 aromatic carbocycles. The molecule has 1 aliphatic heterocycles. The standard InChI is InChI=1S/C21H23NO/c1-2-3-16-22-20(18-12-8-5-9-13-18)19(21(22)23)15-14-17-10-6-4-7-11-17/h4-15,19-20H,2-3,16H2,1H3/b15-14+/t19-,20+/m0/s1. The second-order valence-corrected chi connectivity index (χ2v) is 6.04. The summed E-state index contributed by atoms with van der Waals surface area (Å²) in [6.07, 6.45) is 6.30. The lowest BCUT2D eigenvalue weighted by molar-refractivity contribution is -0.153. The van der Waals surface area contributed by atoms with Gasteiger partial charge in [-0.3, -0.25) is 4.79 Å². The predicted octanol–water partition coefficient (Wildman–Crippen LogP) is 4.70. The van der Waals surface area contributed by atoms with Gasteiger partial charge in [-0.2, -0.15) is 0 Å². The number of carbonyl (C=O) groups is 1. The van der Waals surface area contributed by atoms with Gasteiger partial charge in [0.25, 0.3) is 0 Å². The van der Waals surface area contributed by atoms with Crippen molar-refractivity contribution in [1.29, 1.82) is 0 Å². The lowest BCUT2D eigenvalue weighted by Gasteiger charge is -2.46. The lowest BCUT2D eigenvalue weighted by atomic mass is 9.81. The number of likely N-dealkylation sites (tertiary alicyclic amines) is 1. The van der Waals surface area contributed by atoms with Crippen LogP contribution in [-0.2, 0) is 4.79 Å². The van der Waals surface area contributed by atoms with E-state index in [-0.39, 0.29) is 17.9 Å². The number of amides is 1. The first-order valence-electron chi connectivity index (χ1n) is 8.40. The Labute approximate surface area is 138 Å². The summed E-state index contributed by atoms with van der Waals surface area (Å²) in [5, 5.41) is 0. The zero-order valence-corrected chi connectivity index (χ0v) is 13.6. The first-order valence-corrected chi connectivity index (χ1v) is 8.40. The van der Waals surface area contributed by atoms with Crippen molar-refractivity contribution in [2.45, 2.75) is 25.8 Å². The predicted molar refractivity (Wildman–Crippen MR) is 94.8 cm³/mol. The molecule has 1 fully saturated rings. The third kappa shape index (κ3) is 3.37. The highest BCUT2D eigenvalue weighted by Crippen LogP contribution is 2.41. The van der Waals surface area contributed by atoms with E-state index in [1.807, 2.05) is 41.3 Å². The topological polar surface area (TPSA) is 20.3 Å². The average Bonchev–Trinajstić information content (AvgIpc) is 2.61. The van der Waals surface area contributed by atoms with Crippen molar-refractivity contribution >= 4 is 12.0 Å². The molecule has 0 aromatic heterocycles. The minimum absolute atomic E-state index is 0.0468. The molecule has 1 amide bonds. The van der Waals surface area contributed by atoms with E-state index in [0.717, 1.165) is 24.9 Å². The maximum Gasteiger partial charge on any atom is 0.232 e. The lowest BCUT2D eigenvalue weighted by Crippen LogP contribution is -2.54. The molecule has 0 saturated carbocycles. The van der Waals surface area contributed by atoms with Crippen LogP contribution in [0, 0.1) is 5.92 Å². The van der Waals surface area contributed by atoms with Gasteiger partial charge >= 0.3 is 0 Å². The van der Waals surface area contributed by atoms with E-state index < -0.39 is 0 Å². The van der Waals surface area contributed by atoms with Gasteiger partial charge in [-0.15, -0.1) is 0 Å². The monoisotopic (exact) mass is 305 g/mol. The molecule has 0 unspecified atom stereocenters. The fourth-order valence-electron chi connectivity index (χ4n) is 3.16. The minimum Gasteiger partial charge on any atom is -0.334 e. The normalized spacial score (nSPS) is 20.7. The molecule has 0 spiro atoms. The Morgan fingerprint density at radius 2 is 1.65 bits per heavy atom. The summed E-state index contributed by atoms with van der Waals surface area (Å²) in [6, 6.07) is 20.7. The second kappa shape index (κ2) is 7.28. The number of rotatable bonds is 6. The molecule has 0 N–H and O–H groups in total. The Morgan fingerprint density at radius 3 is 2.30 bits per heavy atom. The Balaban J connectivity index is 1.80. The molecule has 23 heavy (non-hydrogen) atoms. The first-order chi connectivity index (χ1) is 11.3. The quantitative estimate of drug-likeness (QED) is 0.708. The largest absolute Gasteiger partial charge is 0.334 e. The summed E-state index contributed by atoms with van der Waals surface area (Å²) in [6.45, 7) is 3.01. The van der Waals surface area contributed by atoms with Crippen molar-refractivity contribution < 1.29 is 4.79 Å². The third-order valence-electron chi connectivity index (χ3n) is 4.43. The molecule has 0 bridgehead atoms. The summed E-state index contributed by atoms with van der Waals surface area (Å²) < 4.78 is 0. The van der Waals surface area contributed by atoms with Gasteiger partial charge in [-0.05, 0) is 17.5 Å². The number of hydrogen-bond donors (Lipinski definition) is 0. The van der Waals surface area contributed by atoms with E-state index in [1.54, 1.807) is 0 Å². The molecule has 2 nitrogen and oxygen atoms in total. The van der Waals surface area contributed by atoms with Crippen molar-refractivity contribution in [1.82, 2.24) is 4.90 Å². The van der Waals surface area contributed by atoms with Crippen LogP contribution in [0.5, 0.6) is 0 Å². The van der Waals surface area contributed by atoms with Crippen molar-refractivity contribution in [2.75, 3.05) is 6.54 Å². The number of hydrogen-bond acceptors (Lipinski definition) is 1. The summed E-state index contributed by atoms with van der Waals surface area (Å²) in [4.78, 5) is 14.6. The van der Waals surface area contributed by atoms with E-state index in [0.29, 0.717) is 0 Å². The third-order valence-corrected chi connectivity index (χ3v) is 4.43. The zero-order chi connectivity index (χ0) is 16.1. The summed E-state index contributed by atoms with van der Waals surface area (Å²) >= 11 is 0. The highest BCUT2D eigenvalue weighted by molar-refractivity contribution is 5.89. The van der Waals surface area contributed by atoms with Gasteiger partial charge in [-0.25, -0.2) is 0 Å². The summed E-state index contributed by atoms with van der Waals surface area (Å²) in [7, 11) is 0. The highest BCUT2D eigenvalue weighted by Gasteiger charge is 2.45. The van der Waals surface area contributed by atoms with Crippen LogP contribution in [0.4, 0.5) is 0 Å². The Kier molecular flexibility index (Phi) is 4.92. The number of carbonyl (C=O) groups excluding carboxylic acids is 1. The molecule has 0 radical (unpaired) electrons. The van der Waals surface area contributed by atoms with Crippen molar-refractivity contribution in [3.05, 3.63) is 77.9 Å². The fraction of sp³-hybridized carbons (Fsp3) is 0.286. The Hall–Kier alpha value is -2.35. The van der Waals surface area contributed by atoms with Crippen LogP contribution >= 0.6 is 0 Å². The second-order valence-electron chi connectivity index (χ2n) is 6.04. The van der Waals surface area contributed by atoms with Crippen LogP contribution < -0.4 is 0 Å². The molecular formula is C21H23NO. The molecule has 1 aliphatic rings. The molecule has 2 aromatic rings. The van der Waals surface area contributed by atoms with Crippen LogP contribution in [0.3, 0.4) is 0 Å². The molecule has 118 valence electrons. The zero-order valence-electron chi connectivity index (χ0n) is 13.6. The van der Waals surface area contributed by atoms with E-state index in [4.69, 9.17) is 0 Å². The molecule has 1 saturated heterocycles. The Bertz CT molecular complexity index is 663. The summed E-state index contributed by atoms with van der Waals surface area (Å²) in [5.74, 6) is 0.203. The molecule has 1 heterocycles. The van der Waals surface area contributed by atoms with Gasteiger partial charge in [0, 0.05) is 6.54 Å².